The minimum absolute atomic E-state index is 0.0512. The Morgan fingerprint density at radius 3 is 2.59 bits per heavy atom. The molecule has 1 atom stereocenters. The molecule has 0 spiro atoms. The molecule has 1 amide bonds. The minimum atomic E-state index is -0.120. The first-order chi connectivity index (χ1) is 16.5. The van der Waals surface area contributed by atoms with Crippen LogP contribution in [0.2, 0.25) is 0 Å². The number of likely N-dealkylation sites (N-methyl/N-ethyl adjacent to an activating group) is 1. The smallest absolute Gasteiger partial charge is 0.291 e. The summed E-state index contributed by atoms with van der Waals surface area (Å²) in [4.78, 5) is 27.8. The fourth-order valence-corrected chi connectivity index (χ4v) is 4.58. The maximum atomic E-state index is 12.8. The Bertz CT molecular complexity index is 1330. The zero-order valence-electron chi connectivity index (χ0n) is 20.2. The summed E-state index contributed by atoms with van der Waals surface area (Å²) in [6.45, 7) is 4.35. The van der Waals surface area contributed by atoms with Crippen molar-refractivity contribution in [1.82, 2.24) is 24.6 Å². The second kappa shape index (κ2) is 10.7. The van der Waals surface area contributed by atoms with Gasteiger partial charge in [-0.3, -0.25) is 9.59 Å². The summed E-state index contributed by atoms with van der Waals surface area (Å²) >= 11 is 0. The van der Waals surface area contributed by atoms with Crippen LogP contribution in [-0.4, -0.2) is 44.8 Å². The van der Waals surface area contributed by atoms with Crippen LogP contribution in [0.1, 0.15) is 31.7 Å². The number of amides is 1. The Hall–Kier alpha value is -3.45. The molecule has 0 saturated heterocycles. The van der Waals surface area contributed by atoms with Gasteiger partial charge in [0, 0.05) is 55.4 Å². The van der Waals surface area contributed by atoms with Crippen LogP contribution < -0.4 is 10.9 Å². The second-order valence-electron chi connectivity index (χ2n) is 8.96. The molecular weight excluding hydrogens is 426 g/mol. The summed E-state index contributed by atoms with van der Waals surface area (Å²) in [6, 6.07) is 18.4. The van der Waals surface area contributed by atoms with Crippen molar-refractivity contribution < 1.29 is 4.79 Å². The summed E-state index contributed by atoms with van der Waals surface area (Å²) in [5, 5.41) is 9.26. The van der Waals surface area contributed by atoms with Gasteiger partial charge in [0.05, 0.1) is 6.20 Å². The first kappa shape index (κ1) is 23.7. The van der Waals surface area contributed by atoms with Crippen molar-refractivity contribution in [2.45, 2.75) is 45.3 Å². The number of nitrogens with one attached hydrogen (secondary N) is 1. The van der Waals surface area contributed by atoms with Crippen molar-refractivity contribution in [1.29, 1.82) is 0 Å². The van der Waals surface area contributed by atoms with Gasteiger partial charge in [0.2, 0.25) is 5.91 Å². The molecule has 7 heteroatoms. The minimum Gasteiger partial charge on any atom is -0.352 e. The van der Waals surface area contributed by atoms with Crippen molar-refractivity contribution in [3.8, 4) is 0 Å². The molecule has 0 saturated carbocycles. The Labute approximate surface area is 200 Å². The van der Waals surface area contributed by atoms with Crippen LogP contribution in [0.5, 0.6) is 0 Å². The number of aryl methyl sites for hydroxylation is 2. The summed E-state index contributed by atoms with van der Waals surface area (Å²) in [5.41, 5.74) is 2.79. The second-order valence-corrected chi connectivity index (χ2v) is 8.96. The highest BCUT2D eigenvalue weighted by molar-refractivity contribution is 6.07. The van der Waals surface area contributed by atoms with E-state index in [-0.39, 0.29) is 17.5 Å². The van der Waals surface area contributed by atoms with Crippen molar-refractivity contribution in [2.24, 2.45) is 7.05 Å². The first-order valence-corrected chi connectivity index (χ1v) is 11.9. The van der Waals surface area contributed by atoms with Gasteiger partial charge in [-0.1, -0.05) is 55.5 Å². The normalized spacial score (nSPS) is 12.5. The van der Waals surface area contributed by atoms with E-state index in [1.165, 1.54) is 10.2 Å². The summed E-state index contributed by atoms with van der Waals surface area (Å²) in [6.07, 6.45) is 3.69. The predicted octanol–water partition coefficient (Wildman–Crippen LogP) is 3.70. The molecule has 2 aromatic carbocycles. The van der Waals surface area contributed by atoms with Gasteiger partial charge in [0.15, 0.2) is 0 Å². The molecular formula is C27H33N5O2. The third-order valence-corrected chi connectivity index (χ3v) is 6.34. The molecule has 0 aliphatic rings. The number of hydrogen-bond donors (Lipinski definition) is 1. The monoisotopic (exact) mass is 459 g/mol. The van der Waals surface area contributed by atoms with Crippen LogP contribution in [0.15, 0.2) is 65.6 Å². The molecule has 0 unspecified atom stereocenters. The topological polar surface area (TPSA) is 72.2 Å². The number of nitrogens with zero attached hydrogens (tertiary/aromatic N) is 4. The predicted molar refractivity (Wildman–Crippen MR) is 137 cm³/mol. The number of benzene rings is 2. The molecule has 0 bridgehead atoms. The van der Waals surface area contributed by atoms with Crippen LogP contribution >= 0.6 is 0 Å². The number of carbonyl (C=O) groups is 1. The number of fused-ring (bicyclic) bond motifs is 3. The van der Waals surface area contributed by atoms with E-state index in [2.05, 4.69) is 41.4 Å². The quantitative estimate of drug-likeness (QED) is 0.393. The molecule has 0 aliphatic carbocycles. The van der Waals surface area contributed by atoms with Crippen molar-refractivity contribution in [3.05, 3.63) is 76.7 Å². The molecule has 0 aliphatic heterocycles. The van der Waals surface area contributed by atoms with Crippen LogP contribution in [0.4, 0.5) is 0 Å². The highest BCUT2D eigenvalue weighted by atomic mass is 16.1. The van der Waals surface area contributed by atoms with Gasteiger partial charge in [0.25, 0.3) is 5.56 Å². The van der Waals surface area contributed by atoms with E-state index in [0.29, 0.717) is 24.9 Å². The van der Waals surface area contributed by atoms with Gasteiger partial charge in [-0.25, -0.2) is 4.68 Å². The van der Waals surface area contributed by atoms with Crippen molar-refractivity contribution in [2.75, 3.05) is 13.6 Å². The zero-order chi connectivity index (χ0) is 24.1. The van der Waals surface area contributed by atoms with Gasteiger partial charge in [0.1, 0.15) is 5.52 Å². The van der Waals surface area contributed by atoms with E-state index in [9.17, 15) is 9.59 Å². The van der Waals surface area contributed by atoms with E-state index < -0.39 is 0 Å². The molecule has 34 heavy (non-hydrogen) atoms. The van der Waals surface area contributed by atoms with Gasteiger partial charge in [-0.15, -0.1) is 0 Å². The Morgan fingerprint density at radius 2 is 1.82 bits per heavy atom. The molecule has 0 fully saturated rings. The highest BCUT2D eigenvalue weighted by Crippen LogP contribution is 2.26. The van der Waals surface area contributed by atoms with E-state index >= 15 is 0 Å². The van der Waals surface area contributed by atoms with Crippen molar-refractivity contribution >= 4 is 27.7 Å². The largest absolute Gasteiger partial charge is 0.352 e. The summed E-state index contributed by atoms with van der Waals surface area (Å²) < 4.78 is 3.40. The van der Waals surface area contributed by atoms with E-state index in [4.69, 9.17) is 0 Å². The van der Waals surface area contributed by atoms with Gasteiger partial charge in [-0.05, 0) is 31.5 Å². The van der Waals surface area contributed by atoms with E-state index in [1.54, 1.807) is 13.2 Å². The summed E-state index contributed by atoms with van der Waals surface area (Å²) in [7, 11) is 3.75. The third-order valence-electron chi connectivity index (χ3n) is 6.34. The van der Waals surface area contributed by atoms with Crippen LogP contribution in [0.25, 0.3) is 21.8 Å². The standard InChI is InChI=1S/C27H33N5O2/c1-4-21(19-30(2)18-20-11-6-5-7-12-20)29-25(33)15-10-16-32-24-14-9-8-13-22(24)23-17-28-31(3)27(34)26(23)32/h5-9,11-14,17,21H,4,10,15-16,18-19H2,1-3H3,(H,29,33)/t21-/m0/s1. The lowest BCUT2D eigenvalue weighted by Gasteiger charge is -2.24. The third kappa shape index (κ3) is 5.20. The van der Waals surface area contributed by atoms with E-state index in [1.807, 2.05) is 47.0 Å². The van der Waals surface area contributed by atoms with Crippen molar-refractivity contribution in [3.63, 3.8) is 0 Å². The van der Waals surface area contributed by atoms with E-state index in [0.717, 1.165) is 35.8 Å². The highest BCUT2D eigenvalue weighted by Gasteiger charge is 2.16. The summed E-state index contributed by atoms with van der Waals surface area (Å²) in [5.74, 6) is 0.0512. The molecule has 4 rings (SSSR count). The maximum Gasteiger partial charge on any atom is 0.291 e. The Morgan fingerprint density at radius 1 is 1.09 bits per heavy atom. The molecule has 178 valence electrons. The van der Waals surface area contributed by atoms with Crippen LogP contribution in [0.3, 0.4) is 0 Å². The number of para-hydroxylation sites is 1. The Balaban J connectivity index is 1.38. The lowest BCUT2D eigenvalue weighted by atomic mass is 10.1. The van der Waals surface area contributed by atoms with Gasteiger partial charge >= 0.3 is 0 Å². The molecule has 0 radical (unpaired) electrons. The molecule has 2 aromatic heterocycles. The SMILES string of the molecule is CC[C@@H](CN(C)Cc1ccccc1)NC(=O)CCCn1c2ccccc2c2cnn(C)c(=O)c21. The number of hydrogen-bond acceptors (Lipinski definition) is 4. The lowest BCUT2D eigenvalue weighted by Crippen LogP contribution is -2.42. The zero-order valence-corrected chi connectivity index (χ0v) is 20.2. The fourth-order valence-electron chi connectivity index (χ4n) is 4.58. The van der Waals surface area contributed by atoms with Gasteiger partial charge in [-0.2, -0.15) is 5.10 Å². The number of carbonyl (C=O) groups excluding carboxylic acids is 1. The first-order valence-electron chi connectivity index (χ1n) is 11.9. The molecule has 4 aromatic rings. The lowest BCUT2D eigenvalue weighted by molar-refractivity contribution is -0.122. The van der Waals surface area contributed by atoms with Crippen LogP contribution in [-0.2, 0) is 24.9 Å². The Kier molecular flexibility index (Phi) is 7.43. The van der Waals surface area contributed by atoms with Crippen LogP contribution in [0, 0.1) is 0 Å². The number of rotatable bonds is 10. The molecule has 2 heterocycles. The van der Waals surface area contributed by atoms with Gasteiger partial charge < -0.3 is 14.8 Å². The fraction of sp³-hybridized carbons (Fsp3) is 0.370. The molecule has 1 N–H and O–H groups in total. The average Bonchev–Trinajstić information content (AvgIpc) is 3.16. The maximum absolute atomic E-state index is 12.8. The number of aromatic nitrogens is 3. The average molecular weight is 460 g/mol. The molecule has 7 nitrogen and oxygen atoms in total.